The molecule has 5 nitrogen and oxygen atoms in total. The first kappa shape index (κ1) is 22.2. The van der Waals surface area contributed by atoms with Crippen molar-refractivity contribution in [3.63, 3.8) is 0 Å². The molecule has 1 unspecified atom stereocenters. The molecule has 3 saturated heterocycles. The average Bonchev–Trinajstić information content (AvgIpc) is 2.83. The topological polar surface area (TPSA) is 58.1 Å². The van der Waals surface area contributed by atoms with Crippen LogP contribution in [0, 0.1) is 19.8 Å². The summed E-state index contributed by atoms with van der Waals surface area (Å²) in [5.74, 6) is 1.82. The third kappa shape index (κ3) is 4.73. The van der Waals surface area contributed by atoms with Gasteiger partial charge < -0.3 is 5.32 Å². The van der Waals surface area contributed by atoms with Gasteiger partial charge >= 0.3 is 0 Å². The number of nitrogens with zero attached hydrogens (tertiary/aromatic N) is 3. The van der Waals surface area contributed by atoms with Gasteiger partial charge in [0.05, 0.1) is 5.69 Å². The molecule has 6 rings (SSSR count). The van der Waals surface area contributed by atoms with E-state index in [-0.39, 0.29) is 5.91 Å². The Labute approximate surface area is 203 Å². The lowest BCUT2D eigenvalue weighted by Gasteiger charge is -2.49. The first-order chi connectivity index (χ1) is 16.0. The summed E-state index contributed by atoms with van der Waals surface area (Å²) in [5, 5.41) is 3.16. The maximum absolute atomic E-state index is 12.6. The zero-order valence-corrected chi connectivity index (χ0v) is 20.7. The van der Waals surface area contributed by atoms with Crippen molar-refractivity contribution in [3.05, 3.63) is 81.7 Å². The molecule has 4 atom stereocenters. The maximum atomic E-state index is 12.6. The Morgan fingerprint density at radius 3 is 2.64 bits per heavy atom. The molecule has 0 aliphatic carbocycles. The van der Waals surface area contributed by atoms with Gasteiger partial charge in [0.2, 0.25) is 0 Å². The molecule has 6 heteroatoms. The number of nitrogens with one attached hydrogen (secondary N) is 1. The molecule has 0 spiro atoms. The number of hydrogen-bond acceptors (Lipinski definition) is 4. The molecule has 2 aromatic carbocycles. The number of fused-ring (bicyclic) bond motifs is 3. The number of aromatic nitrogens is 2. The monoisotopic (exact) mass is 504 g/mol. The van der Waals surface area contributed by atoms with E-state index in [1.165, 1.54) is 6.42 Å². The zero-order valence-electron chi connectivity index (χ0n) is 19.1. The molecule has 33 heavy (non-hydrogen) atoms. The van der Waals surface area contributed by atoms with Crippen molar-refractivity contribution in [1.82, 2.24) is 20.2 Å². The summed E-state index contributed by atoms with van der Waals surface area (Å²) >= 11 is 3.66. The zero-order chi connectivity index (χ0) is 22.9. The van der Waals surface area contributed by atoms with Gasteiger partial charge in [-0.3, -0.25) is 9.69 Å². The van der Waals surface area contributed by atoms with Crippen LogP contribution in [0.15, 0.2) is 59.1 Å². The Morgan fingerprint density at radius 2 is 1.91 bits per heavy atom. The molecular weight excluding hydrogens is 476 g/mol. The SMILES string of the molecule is Cc1ccc(C(=O)NC[C@H]2C[C@@H]3CCN2C[C@@H]3c2cc(-c3ccccc3Br)nc(C)n2)cc1. The molecule has 0 saturated carbocycles. The Morgan fingerprint density at radius 1 is 1.12 bits per heavy atom. The van der Waals surface area contributed by atoms with E-state index in [0.29, 0.717) is 24.4 Å². The number of piperidine rings is 3. The lowest BCUT2D eigenvalue weighted by molar-refractivity contribution is 0.0290. The van der Waals surface area contributed by atoms with E-state index in [2.05, 4.69) is 44.3 Å². The molecular formula is C27H29BrN4O. The van der Waals surface area contributed by atoms with Crippen LogP contribution in [0.2, 0.25) is 0 Å². The number of carbonyl (C=O) groups excluding carboxylic acids is 1. The van der Waals surface area contributed by atoms with Gasteiger partial charge in [-0.2, -0.15) is 0 Å². The summed E-state index contributed by atoms with van der Waals surface area (Å²) < 4.78 is 1.05. The molecule has 3 aliphatic heterocycles. The largest absolute Gasteiger partial charge is 0.350 e. The van der Waals surface area contributed by atoms with Gasteiger partial charge in [0.15, 0.2) is 0 Å². The second-order valence-corrected chi connectivity index (χ2v) is 10.2. The molecule has 0 radical (unpaired) electrons. The Hall–Kier alpha value is -2.57. The van der Waals surface area contributed by atoms with Crippen LogP contribution in [0.5, 0.6) is 0 Å². The molecule has 4 heterocycles. The predicted octanol–water partition coefficient (Wildman–Crippen LogP) is 5.13. The molecule has 170 valence electrons. The number of carbonyl (C=O) groups is 1. The summed E-state index contributed by atoms with van der Waals surface area (Å²) in [5.41, 5.74) is 5.11. The second-order valence-electron chi connectivity index (χ2n) is 9.32. The molecule has 2 bridgehead atoms. The van der Waals surface area contributed by atoms with E-state index in [4.69, 9.17) is 9.97 Å². The first-order valence-electron chi connectivity index (χ1n) is 11.7. The predicted molar refractivity (Wildman–Crippen MR) is 134 cm³/mol. The highest BCUT2D eigenvalue weighted by Gasteiger charge is 2.41. The molecule has 3 aliphatic rings. The Bertz CT molecular complexity index is 1160. The third-order valence-corrected chi connectivity index (χ3v) is 7.77. The van der Waals surface area contributed by atoms with Crippen LogP contribution in [0.1, 0.15) is 46.2 Å². The Kier molecular flexibility index (Phi) is 6.30. The van der Waals surface area contributed by atoms with Crippen LogP contribution in [0.4, 0.5) is 0 Å². The summed E-state index contributed by atoms with van der Waals surface area (Å²) in [4.78, 5) is 24.7. The lowest BCUT2D eigenvalue weighted by Crippen LogP contribution is -2.56. The fraction of sp³-hybridized carbons (Fsp3) is 0.370. The first-order valence-corrected chi connectivity index (χ1v) is 12.5. The maximum Gasteiger partial charge on any atom is 0.251 e. The van der Waals surface area contributed by atoms with E-state index in [1.54, 1.807) is 0 Å². The van der Waals surface area contributed by atoms with Crippen LogP contribution in [-0.2, 0) is 0 Å². The number of aryl methyl sites for hydroxylation is 2. The van der Waals surface area contributed by atoms with E-state index in [0.717, 1.165) is 57.9 Å². The number of benzene rings is 2. The van der Waals surface area contributed by atoms with E-state index in [9.17, 15) is 4.79 Å². The van der Waals surface area contributed by atoms with Crippen molar-refractivity contribution < 1.29 is 4.79 Å². The molecule has 1 N–H and O–H groups in total. The van der Waals surface area contributed by atoms with Gasteiger partial charge in [0.1, 0.15) is 5.82 Å². The lowest BCUT2D eigenvalue weighted by atomic mass is 9.74. The van der Waals surface area contributed by atoms with Gasteiger partial charge in [-0.15, -0.1) is 0 Å². The van der Waals surface area contributed by atoms with Crippen molar-refractivity contribution in [2.75, 3.05) is 19.6 Å². The van der Waals surface area contributed by atoms with Gasteiger partial charge in [-0.05, 0) is 63.4 Å². The highest BCUT2D eigenvalue weighted by atomic mass is 79.9. The van der Waals surface area contributed by atoms with Crippen molar-refractivity contribution in [3.8, 4) is 11.3 Å². The van der Waals surface area contributed by atoms with Crippen LogP contribution >= 0.6 is 15.9 Å². The summed E-state index contributed by atoms with van der Waals surface area (Å²) in [6.45, 7) is 6.79. The number of halogens is 1. The van der Waals surface area contributed by atoms with Crippen LogP contribution in [0.25, 0.3) is 11.3 Å². The van der Waals surface area contributed by atoms with E-state index < -0.39 is 0 Å². The van der Waals surface area contributed by atoms with E-state index >= 15 is 0 Å². The summed E-state index contributed by atoms with van der Waals surface area (Å²) in [6.07, 6.45) is 2.27. The summed E-state index contributed by atoms with van der Waals surface area (Å²) in [7, 11) is 0. The van der Waals surface area contributed by atoms with Crippen LogP contribution in [-0.4, -0.2) is 46.5 Å². The smallest absolute Gasteiger partial charge is 0.251 e. The fourth-order valence-electron chi connectivity index (χ4n) is 5.29. The molecule has 3 fully saturated rings. The van der Waals surface area contributed by atoms with Crippen molar-refractivity contribution in [1.29, 1.82) is 0 Å². The Balaban J connectivity index is 1.28. The normalized spacial score (nSPS) is 24.0. The van der Waals surface area contributed by atoms with E-state index in [1.807, 2.05) is 50.2 Å². The minimum Gasteiger partial charge on any atom is -0.350 e. The third-order valence-electron chi connectivity index (χ3n) is 7.08. The van der Waals surface area contributed by atoms with Gasteiger partial charge in [0, 0.05) is 46.3 Å². The number of rotatable bonds is 5. The molecule has 3 aromatic rings. The van der Waals surface area contributed by atoms with Crippen molar-refractivity contribution in [2.24, 2.45) is 5.92 Å². The minimum absolute atomic E-state index is 0.0127. The number of hydrogen-bond donors (Lipinski definition) is 1. The average molecular weight is 505 g/mol. The number of amides is 1. The second kappa shape index (κ2) is 9.35. The summed E-state index contributed by atoms with van der Waals surface area (Å²) in [6, 6.07) is 18.5. The highest BCUT2D eigenvalue weighted by Crippen LogP contribution is 2.42. The van der Waals surface area contributed by atoms with Gasteiger partial charge in [-0.1, -0.05) is 51.8 Å². The quantitative estimate of drug-likeness (QED) is 0.523. The van der Waals surface area contributed by atoms with Crippen LogP contribution < -0.4 is 5.32 Å². The fourth-order valence-corrected chi connectivity index (χ4v) is 5.78. The van der Waals surface area contributed by atoms with Crippen molar-refractivity contribution in [2.45, 2.75) is 38.6 Å². The minimum atomic E-state index is 0.0127. The highest BCUT2D eigenvalue weighted by molar-refractivity contribution is 9.10. The standard InChI is InChI=1S/C27H29BrN4O/c1-17-7-9-19(10-8-17)27(33)29-15-21-13-20-11-12-32(21)16-23(20)26-14-25(30-18(2)31-26)22-5-3-4-6-24(22)28/h3-10,14,20-21,23H,11-13,15-16H2,1-2H3,(H,29,33)/t20-,21+,23-/m0/s1. The molecule has 1 aromatic heterocycles. The van der Waals surface area contributed by atoms with Gasteiger partial charge in [0.25, 0.3) is 5.91 Å². The van der Waals surface area contributed by atoms with Crippen LogP contribution in [0.3, 0.4) is 0 Å². The van der Waals surface area contributed by atoms with Crippen molar-refractivity contribution >= 4 is 21.8 Å². The van der Waals surface area contributed by atoms with Gasteiger partial charge in [-0.25, -0.2) is 9.97 Å². The molecule has 1 amide bonds.